The van der Waals surface area contributed by atoms with Crippen LogP contribution in [0, 0.1) is 0 Å². The zero-order chi connectivity index (χ0) is 20.6. The van der Waals surface area contributed by atoms with Crippen LogP contribution in [0.5, 0.6) is 5.75 Å². The van der Waals surface area contributed by atoms with Crippen LogP contribution in [0.1, 0.15) is 43.4 Å². The van der Waals surface area contributed by atoms with Gasteiger partial charge in [-0.25, -0.2) is 0 Å². The Labute approximate surface area is 176 Å². The first-order valence-corrected chi connectivity index (χ1v) is 12.8. The summed E-state index contributed by atoms with van der Waals surface area (Å²) in [6.45, 7) is 6.88. The summed E-state index contributed by atoms with van der Waals surface area (Å²) < 4.78 is 12.1. The van der Waals surface area contributed by atoms with E-state index in [0.717, 1.165) is 36.1 Å². The van der Waals surface area contributed by atoms with Crippen molar-refractivity contribution in [1.29, 1.82) is 0 Å². The van der Waals surface area contributed by atoms with E-state index >= 15 is 0 Å². The highest BCUT2D eigenvalue weighted by atomic mass is 28.3. The second kappa shape index (κ2) is 10.6. The molecule has 2 atom stereocenters. The molecule has 0 heterocycles. The fourth-order valence-corrected chi connectivity index (χ4v) is 4.34. The molecule has 1 N–H and O–H groups in total. The summed E-state index contributed by atoms with van der Waals surface area (Å²) in [4.78, 5) is 0. The number of rotatable bonds is 10. The minimum absolute atomic E-state index is 0.158. The monoisotopic (exact) mass is 407 g/mol. The fourth-order valence-electron chi connectivity index (χ4n) is 3.49. The zero-order valence-corrected chi connectivity index (χ0v) is 18.6. The lowest BCUT2D eigenvalue weighted by molar-refractivity contribution is 0.0280. The van der Waals surface area contributed by atoms with Crippen molar-refractivity contribution in [1.82, 2.24) is 0 Å². The van der Waals surface area contributed by atoms with Gasteiger partial charge in [0.15, 0.2) is 0 Å². The van der Waals surface area contributed by atoms with Crippen molar-refractivity contribution < 1.29 is 14.3 Å². The maximum absolute atomic E-state index is 10.9. The first kappa shape index (κ1) is 21.6. The predicted molar refractivity (Wildman–Crippen MR) is 122 cm³/mol. The van der Waals surface area contributed by atoms with Gasteiger partial charge < -0.3 is 14.3 Å². The number of hydrogen-bond donors (Lipinski definition) is 1. The Balaban J connectivity index is 1.68. The Morgan fingerprint density at radius 3 is 2.48 bits per heavy atom. The van der Waals surface area contributed by atoms with Crippen LogP contribution >= 0.6 is 0 Å². The Hall–Kier alpha value is -2.14. The van der Waals surface area contributed by atoms with Gasteiger partial charge in [0.1, 0.15) is 18.5 Å². The molecular formula is C25H31O3Si. The standard InChI is InChI=1S/C25H31O3Si/c1-4-5-13-24(28-29(2)3)25(26)22-11-8-12-23(17-22)27-18-19-14-15-20-9-6-7-10-21(20)16-19/h6-12,14-17,24-26H,4-5,13,18H2,1-3H3. The molecule has 0 saturated carbocycles. The molecule has 0 amide bonds. The molecule has 153 valence electrons. The van der Waals surface area contributed by atoms with Crippen molar-refractivity contribution in [2.75, 3.05) is 0 Å². The Bertz CT molecular complexity index is 909. The second-order valence-corrected chi connectivity index (χ2v) is 9.75. The van der Waals surface area contributed by atoms with Crippen LogP contribution < -0.4 is 4.74 Å². The van der Waals surface area contributed by atoms with Crippen LogP contribution in [0.4, 0.5) is 0 Å². The topological polar surface area (TPSA) is 38.7 Å². The van der Waals surface area contributed by atoms with Crippen LogP contribution in [0.15, 0.2) is 66.7 Å². The van der Waals surface area contributed by atoms with E-state index < -0.39 is 15.1 Å². The minimum atomic E-state index is -0.880. The molecule has 0 spiro atoms. The number of unbranched alkanes of at least 4 members (excludes halogenated alkanes) is 1. The lowest BCUT2D eigenvalue weighted by Gasteiger charge is -2.26. The average molecular weight is 408 g/mol. The Morgan fingerprint density at radius 1 is 0.931 bits per heavy atom. The van der Waals surface area contributed by atoms with E-state index in [-0.39, 0.29) is 6.10 Å². The number of aliphatic hydroxyl groups is 1. The third-order valence-corrected chi connectivity index (χ3v) is 5.77. The van der Waals surface area contributed by atoms with Crippen LogP contribution in [0.25, 0.3) is 10.8 Å². The van der Waals surface area contributed by atoms with E-state index in [9.17, 15) is 5.11 Å². The molecule has 0 aromatic heterocycles. The van der Waals surface area contributed by atoms with Crippen LogP contribution in [-0.4, -0.2) is 20.3 Å². The summed E-state index contributed by atoms with van der Waals surface area (Å²) in [5.74, 6) is 0.766. The molecule has 3 aromatic rings. The number of aliphatic hydroxyl groups excluding tert-OH is 1. The molecule has 0 bridgehead atoms. The predicted octanol–water partition coefficient (Wildman–Crippen LogP) is 6.28. The van der Waals surface area contributed by atoms with Gasteiger partial charge in [0.25, 0.3) is 0 Å². The molecule has 0 aliphatic rings. The fraction of sp³-hybridized carbons (Fsp3) is 0.360. The van der Waals surface area contributed by atoms with Gasteiger partial charge in [-0.1, -0.05) is 68.3 Å². The third kappa shape index (κ3) is 6.17. The maximum Gasteiger partial charge on any atom is 0.205 e. The number of fused-ring (bicyclic) bond motifs is 1. The normalized spacial score (nSPS) is 13.6. The van der Waals surface area contributed by atoms with Gasteiger partial charge in [0.05, 0.1) is 6.10 Å². The van der Waals surface area contributed by atoms with E-state index in [0.29, 0.717) is 6.61 Å². The van der Waals surface area contributed by atoms with Gasteiger partial charge in [0, 0.05) is 0 Å². The summed E-state index contributed by atoms with van der Waals surface area (Å²) in [6, 6.07) is 22.5. The van der Waals surface area contributed by atoms with Crippen molar-refractivity contribution in [3.8, 4) is 5.75 Å². The third-order valence-electron chi connectivity index (χ3n) is 5.00. The van der Waals surface area contributed by atoms with Crippen LogP contribution in [0.2, 0.25) is 13.1 Å². The highest BCUT2D eigenvalue weighted by Crippen LogP contribution is 2.27. The second-order valence-electron chi connectivity index (χ2n) is 7.69. The van der Waals surface area contributed by atoms with Gasteiger partial charge in [0.2, 0.25) is 9.04 Å². The molecule has 2 unspecified atom stereocenters. The van der Waals surface area contributed by atoms with Crippen molar-refractivity contribution >= 4 is 19.8 Å². The maximum atomic E-state index is 10.9. The summed E-state index contributed by atoms with van der Waals surface area (Å²) in [7, 11) is -0.880. The van der Waals surface area contributed by atoms with E-state index in [1.807, 2.05) is 36.4 Å². The lowest BCUT2D eigenvalue weighted by atomic mass is 10.00. The minimum Gasteiger partial charge on any atom is -0.489 e. The van der Waals surface area contributed by atoms with Crippen molar-refractivity contribution in [3.63, 3.8) is 0 Å². The van der Waals surface area contributed by atoms with E-state index in [1.54, 1.807) is 0 Å². The van der Waals surface area contributed by atoms with E-state index in [2.05, 4.69) is 50.3 Å². The molecular weight excluding hydrogens is 376 g/mol. The first-order valence-electron chi connectivity index (χ1n) is 10.4. The molecule has 1 radical (unpaired) electrons. The molecule has 3 nitrogen and oxygen atoms in total. The summed E-state index contributed by atoms with van der Waals surface area (Å²) in [5, 5.41) is 13.4. The van der Waals surface area contributed by atoms with Gasteiger partial charge in [-0.05, 0) is 59.6 Å². The quantitative estimate of drug-likeness (QED) is 0.402. The molecule has 0 aliphatic carbocycles. The van der Waals surface area contributed by atoms with E-state index in [4.69, 9.17) is 9.16 Å². The molecule has 29 heavy (non-hydrogen) atoms. The highest BCUT2D eigenvalue weighted by molar-refractivity contribution is 6.48. The molecule has 4 heteroatoms. The smallest absolute Gasteiger partial charge is 0.205 e. The van der Waals surface area contributed by atoms with Gasteiger partial charge in [-0.2, -0.15) is 0 Å². The van der Waals surface area contributed by atoms with Crippen LogP contribution in [-0.2, 0) is 11.0 Å². The van der Waals surface area contributed by atoms with Crippen molar-refractivity contribution in [2.24, 2.45) is 0 Å². The number of ether oxygens (including phenoxy) is 1. The van der Waals surface area contributed by atoms with Gasteiger partial charge in [-0.15, -0.1) is 0 Å². The number of hydrogen-bond acceptors (Lipinski definition) is 3. The van der Waals surface area contributed by atoms with Gasteiger partial charge >= 0.3 is 0 Å². The zero-order valence-electron chi connectivity index (χ0n) is 17.6. The lowest BCUT2D eigenvalue weighted by Crippen LogP contribution is -2.27. The molecule has 0 fully saturated rings. The highest BCUT2D eigenvalue weighted by Gasteiger charge is 2.23. The SMILES string of the molecule is CCCCC(O[Si](C)C)C(O)c1cccc(OCc2ccc3ccccc3c2)c1. The summed E-state index contributed by atoms with van der Waals surface area (Å²) in [5.41, 5.74) is 1.98. The number of benzene rings is 3. The average Bonchev–Trinajstić information content (AvgIpc) is 2.74. The summed E-state index contributed by atoms with van der Waals surface area (Å²) in [6.07, 6.45) is 2.22. The summed E-state index contributed by atoms with van der Waals surface area (Å²) >= 11 is 0. The Morgan fingerprint density at radius 2 is 1.72 bits per heavy atom. The molecule has 3 rings (SSSR count). The first-order chi connectivity index (χ1) is 14.1. The van der Waals surface area contributed by atoms with Crippen LogP contribution in [0.3, 0.4) is 0 Å². The largest absolute Gasteiger partial charge is 0.489 e. The van der Waals surface area contributed by atoms with Crippen molar-refractivity contribution in [2.45, 2.75) is 58.1 Å². The van der Waals surface area contributed by atoms with E-state index in [1.165, 1.54) is 10.8 Å². The van der Waals surface area contributed by atoms with Crippen molar-refractivity contribution in [3.05, 3.63) is 77.9 Å². The molecule has 3 aromatic carbocycles. The van der Waals surface area contributed by atoms with Gasteiger partial charge in [-0.3, -0.25) is 0 Å². The molecule has 0 aliphatic heterocycles. The Kier molecular flexibility index (Phi) is 7.87. The molecule has 0 saturated heterocycles.